The summed E-state index contributed by atoms with van der Waals surface area (Å²) in [5.41, 5.74) is 1.99. The van der Waals surface area contributed by atoms with E-state index in [1.54, 1.807) is 0 Å². The molecule has 0 aliphatic heterocycles. The predicted octanol–water partition coefficient (Wildman–Crippen LogP) is 1.88. The van der Waals surface area contributed by atoms with Crippen LogP contribution in [0.25, 0.3) is 0 Å². The maximum Gasteiger partial charge on any atom is 0.0991 e. The highest BCUT2D eigenvalue weighted by molar-refractivity contribution is 5.32. The number of hydrogen-bond acceptors (Lipinski definition) is 2. The van der Waals surface area contributed by atoms with E-state index in [9.17, 15) is 0 Å². The summed E-state index contributed by atoms with van der Waals surface area (Å²) < 4.78 is 0. The van der Waals surface area contributed by atoms with Crippen molar-refractivity contribution in [3.63, 3.8) is 0 Å². The van der Waals surface area contributed by atoms with Crippen molar-refractivity contribution >= 4 is 0 Å². The lowest BCUT2D eigenvalue weighted by Gasteiger charge is -2.10. The number of nitrogens with zero attached hydrogens (tertiary/aromatic N) is 1. The van der Waals surface area contributed by atoms with Crippen LogP contribution in [0.15, 0.2) is 24.3 Å². The minimum Gasteiger partial charge on any atom is -0.319 e. The fourth-order valence-electron chi connectivity index (χ4n) is 1.31. The first-order chi connectivity index (χ1) is 6.27. The Morgan fingerprint density at radius 2 is 2.00 bits per heavy atom. The number of benzene rings is 1. The molecular weight excluding hydrogens is 160 g/mol. The number of nitriles is 1. The summed E-state index contributed by atoms with van der Waals surface area (Å²) in [5.74, 6) is 0.498. The molecule has 0 bridgehead atoms. The van der Waals surface area contributed by atoms with Crippen molar-refractivity contribution in [3.8, 4) is 6.07 Å². The largest absolute Gasteiger partial charge is 0.319 e. The van der Waals surface area contributed by atoms with Crippen LogP contribution >= 0.6 is 0 Å². The summed E-state index contributed by atoms with van der Waals surface area (Å²) in [4.78, 5) is 0. The fourth-order valence-corrected chi connectivity index (χ4v) is 1.31. The molecule has 0 heterocycles. The van der Waals surface area contributed by atoms with Gasteiger partial charge >= 0.3 is 0 Å². The van der Waals surface area contributed by atoms with Gasteiger partial charge in [-0.15, -0.1) is 0 Å². The number of likely N-dealkylation sites (N-methyl/N-ethyl adjacent to an activating group) is 1. The van der Waals surface area contributed by atoms with Gasteiger partial charge in [-0.1, -0.05) is 19.1 Å². The molecule has 1 N–H and O–H groups in total. The molecule has 0 saturated heterocycles. The molecular formula is C11H14N2. The van der Waals surface area contributed by atoms with Crippen molar-refractivity contribution < 1.29 is 0 Å². The molecule has 1 unspecified atom stereocenters. The van der Waals surface area contributed by atoms with Gasteiger partial charge in [0.05, 0.1) is 11.6 Å². The Morgan fingerprint density at radius 3 is 2.46 bits per heavy atom. The van der Waals surface area contributed by atoms with Crippen LogP contribution in [0.5, 0.6) is 0 Å². The van der Waals surface area contributed by atoms with Crippen molar-refractivity contribution in [3.05, 3.63) is 35.4 Å². The Balaban J connectivity index is 2.75. The average molecular weight is 174 g/mol. The first-order valence-corrected chi connectivity index (χ1v) is 4.42. The van der Waals surface area contributed by atoms with Crippen LogP contribution < -0.4 is 5.32 Å². The molecule has 1 atom stereocenters. The summed E-state index contributed by atoms with van der Waals surface area (Å²) >= 11 is 0. The normalized spacial score (nSPS) is 12.1. The summed E-state index contributed by atoms with van der Waals surface area (Å²) in [5, 5.41) is 11.7. The van der Waals surface area contributed by atoms with Crippen molar-refractivity contribution in [1.29, 1.82) is 5.26 Å². The molecule has 1 aromatic carbocycles. The van der Waals surface area contributed by atoms with E-state index in [1.165, 1.54) is 5.56 Å². The first-order valence-electron chi connectivity index (χ1n) is 4.42. The fraction of sp³-hybridized carbons (Fsp3) is 0.364. The molecule has 0 aromatic heterocycles. The SMILES string of the molecule is CNCC(C)c1ccc(C#N)cc1. The van der Waals surface area contributed by atoms with Gasteiger partial charge in [0.1, 0.15) is 0 Å². The number of hydrogen-bond donors (Lipinski definition) is 1. The third-order valence-electron chi connectivity index (χ3n) is 2.12. The van der Waals surface area contributed by atoms with Gasteiger partial charge in [-0.25, -0.2) is 0 Å². The van der Waals surface area contributed by atoms with E-state index in [4.69, 9.17) is 5.26 Å². The maximum absolute atomic E-state index is 8.61. The van der Waals surface area contributed by atoms with Crippen molar-refractivity contribution in [2.75, 3.05) is 13.6 Å². The van der Waals surface area contributed by atoms with Crippen molar-refractivity contribution in [2.24, 2.45) is 0 Å². The molecule has 0 aliphatic rings. The highest BCUT2D eigenvalue weighted by atomic mass is 14.8. The van der Waals surface area contributed by atoms with E-state index in [-0.39, 0.29) is 0 Å². The highest BCUT2D eigenvalue weighted by Crippen LogP contribution is 2.14. The summed E-state index contributed by atoms with van der Waals surface area (Å²) in [6, 6.07) is 9.86. The van der Waals surface area contributed by atoms with Crippen molar-refractivity contribution in [2.45, 2.75) is 12.8 Å². The minimum atomic E-state index is 0.498. The van der Waals surface area contributed by atoms with Gasteiger partial charge in [-0.2, -0.15) is 5.26 Å². The van der Waals surface area contributed by atoms with E-state index < -0.39 is 0 Å². The predicted molar refractivity (Wildman–Crippen MR) is 53.5 cm³/mol. The summed E-state index contributed by atoms with van der Waals surface area (Å²) in [6.45, 7) is 3.13. The lowest BCUT2D eigenvalue weighted by atomic mass is 10.0. The molecule has 68 valence electrons. The molecule has 2 nitrogen and oxygen atoms in total. The Bertz CT molecular complexity index is 295. The minimum absolute atomic E-state index is 0.498. The molecule has 0 fully saturated rings. The van der Waals surface area contributed by atoms with E-state index in [0.29, 0.717) is 5.92 Å². The standard InChI is InChI=1S/C11H14N2/c1-9(8-13-2)11-5-3-10(7-12)4-6-11/h3-6,9,13H,8H2,1-2H3. The van der Waals surface area contributed by atoms with E-state index in [2.05, 4.69) is 18.3 Å². The molecule has 0 aliphatic carbocycles. The van der Waals surface area contributed by atoms with Gasteiger partial charge in [0.25, 0.3) is 0 Å². The van der Waals surface area contributed by atoms with E-state index in [1.807, 2.05) is 31.3 Å². The van der Waals surface area contributed by atoms with Crippen LogP contribution in [0.2, 0.25) is 0 Å². The van der Waals surface area contributed by atoms with Gasteiger partial charge in [0, 0.05) is 6.54 Å². The second-order valence-electron chi connectivity index (χ2n) is 3.19. The average Bonchev–Trinajstić information content (AvgIpc) is 2.18. The van der Waals surface area contributed by atoms with Gasteiger partial charge in [0.15, 0.2) is 0 Å². The zero-order chi connectivity index (χ0) is 9.68. The third kappa shape index (κ3) is 2.57. The lowest BCUT2D eigenvalue weighted by molar-refractivity contribution is 0.678. The molecule has 0 radical (unpaired) electrons. The smallest absolute Gasteiger partial charge is 0.0991 e. The number of rotatable bonds is 3. The second-order valence-corrected chi connectivity index (χ2v) is 3.19. The molecule has 0 spiro atoms. The molecule has 13 heavy (non-hydrogen) atoms. The first kappa shape index (κ1) is 9.76. The van der Waals surface area contributed by atoms with Crippen molar-refractivity contribution in [1.82, 2.24) is 5.32 Å². The molecule has 1 rings (SSSR count). The zero-order valence-electron chi connectivity index (χ0n) is 8.04. The second kappa shape index (κ2) is 4.64. The third-order valence-corrected chi connectivity index (χ3v) is 2.12. The summed E-state index contributed by atoms with van der Waals surface area (Å²) in [7, 11) is 1.94. The van der Waals surface area contributed by atoms with Gasteiger partial charge in [-0.3, -0.25) is 0 Å². The van der Waals surface area contributed by atoms with E-state index in [0.717, 1.165) is 12.1 Å². The van der Waals surface area contributed by atoms with Crippen LogP contribution in [-0.2, 0) is 0 Å². The zero-order valence-corrected chi connectivity index (χ0v) is 8.04. The maximum atomic E-state index is 8.61. The summed E-state index contributed by atoms with van der Waals surface area (Å²) in [6.07, 6.45) is 0. The lowest BCUT2D eigenvalue weighted by Crippen LogP contribution is -2.14. The Hall–Kier alpha value is -1.33. The highest BCUT2D eigenvalue weighted by Gasteiger charge is 2.02. The van der Waals surface area contributed by atoms with E-state index >= 15 is 0 Å². The quantitative estimate of drug-likeness (QED) is 0.759. The van der Waals surface area contributed by atoms with Gasteiger partial charge < -0.3 is 5.32 Å². The Labute approximate surface area is 79.2 Å². The van der Waals surface area contributed by atoms with Gasteiger partial charge in [-0.05, 0) is 30.7 Å². The Morgan fingerprint density at radius 1 is 1.38 bits per heavy atom. The van der Waals surface area contributed by atoms with Gasteiger partial charge in [0.2, 0.25) is 0 Å². The topological polar surface area (TPSA) is 35.8 Å². The Kier molecular flexibility index (Phi) is 3.48. The molecule has 1 aromatic rings. The monoisotopic (exact) mass is 174 g/mol. The molecule has 2 heteroatoms. The van der Waals surface area contributed by atoms with Crippen LogP contribution in [0.3, 0.4) is 0 Å². The van der Waals surface area contributed by atoms with Crippen LogP contribution in [0.1, 0.15) is 24.0 Å². The van der Waals surface area contributed by atoms with Crippen LogP contribution in [-0.4, -0.2) is 13.6 Å². The van der Waals surface area contributed by atoms with Crippen LogP contribution in [0, 0.1) is 11.3 Å². The number of nitrogens with one attached hydrogen (secondary N) is 1. The van der Waals surface area contributed by atoms with Crippen LogP contribution in [0.4, 0.5) is 0 Å². The molecule has 0 saturated carbocycles. The molecule has 0 amide bonds.